The molecule has 3 aliphatic rings. The van der Waals surface area contributed by atoms with Gasteiger partial charge in [-0.2, -0.15) is 5.10 Å². The number of aliphatic hydroxyl groups is 1. The molecule has 0 aliphatic carbocycles. The Hall–Kier alpha value is -3.67. The quantitative estimate of drug-likeness (QED) is 0.342. The van der Waals surface area contributed by atoms with E-state index in [-0.39, 0.29) is 37.8 Å². The minimum atomic E-state index is -0.821. The predicted octanol–water partition coefficient (Wildman–Crippen LogP) is 4.90. The number of ether oxygens (including phenoxy) is 3. The highest BCUT2D eigenvalue weighted by molar-refractivity contribution is 5.78. The zero-order valence-corrected chi connectivity index (χ0v) is 24.2. The van der Waals surface area contributed by atoms with Crippen molar-refractivity contribution in [2.75, 3.05) is 32.5 Å². The number of carboxylic acid groups (broad SMARTS) is 1. The molecule has 1 amide bonds. The molecule has 3 fully saturated rings. The molecule has 3 saturated heterocycles. The first-order chi connectivity index (χ1) is 20.5. The highest BCUT2D eigenvalue weighted by atomic mass is 16.7. The van der Waals surface area contributed by atoms with Crippen LogP contribution in [0.1, 0.15) is 56.9 Å². The number of carbonyl (C=O) groups is 1. The Morgan fingerprint density at radius 2 is 1.88 bits per heavy atom. The zero-order chi connectivity index (χ0) is 29.2. The van der Waals surface area contributed by atoms with Gasteiger partial charge in [-0.15, -0.1) is 0 Å². The van der Waals surface area contributed by atoms with Crippen LogP contribution in [0.2, 0.25) is 0 Å². The summed E-state index contributed by atoms with van der Waals surface area (Å²) in [5, 5.41) is 24.6. The molecular formula is C31H39N5O6. The first-order valence-corrected chi connectivity index (χ1v) is 14.7. The minimum Gasteiger partial charge on any atom is -0.467 e. The number of amides is 1. The Bertz CT molecular complexity index is 1390. The lowest BCUT2D eigenvalue weighted by atomic mass is 9.96. The van der Waals surface area contributed by atoms with Crippen LogP contribution < -0.4 is 9.64 Å². The third kappa shape index (κ3) is 5.56. The molecule has 2 bridgehead atoms. The van der Waals surface area contributed by atoms with Gasteiger partial charge in [0.2, 0.25) is 0 Å². The Morgan fingerprint density at radius 3 is 2.57 bits per heavy atom. The van der Waals surface area contributed by atoms with Crippen LogP contribution in [0.5, 0.6) is 5.75 Å². The standard InChI is InChI=1S/C31H39N5O6/c1-34(24-14-22-7-8-23(15-24)36(22)31(38)39)29-11-10-25(27(18-37)33-29)26-9-6-20(13-28(26)42-19-40-2)21-16-32-35(17-21)30-5-3-4-12-41-30/h6,9-11,13,16-17,22-24,30,37H,3-5,7-8,12,14-15,18-19H2,1-2H3,(H,38,39)/t22-,23+,24?,30?. The van der Waals surface area contributed by atoms with Crippen molar-refractivity contribution in [3.63, 3.8) is 0 Å². The molecule has 3 aromatic rings. The van der Waals surface area contributed by atoms with Crippen LogP contribution in [0, 0.1) is 0 Å². The molecule has 2 unspecified atom stereocenters. The number of anilines is 1. The van der Waals surface area contributed by atoms with E-state index in [9.17, 15) is 15.0 Å². The molecule has 0 spiro atoms. The summed E-state index contributed by atoms with van der Waals surface area (Å²) in [5.74, 6) is 1.37. The molecule has 11 heteroatoms. The molecule has 5 heterocycles. The number of piperidine rings is 1. The number of aliphatic hydroxyl groups excluding tert-OH is 1. The maximum atomic E-state index is 11.7. The lowest BCUT2D eigenvalue weighted by molar-refractivity contribution is -0.0394. The van der Waals surface area contributed by atoms with Crippen LogP contribution in [-0.2, 0) is 16.1 Å². The summed E-state index contributed by atoms with van der Waals surface area (Å²) >= 11 is 0. The Morgan fingerprint density at radius 1 is 1.10 bits per heavy atom. The average molecular weight is 578 g/mol. The van der Waals surface area contributed by atoms with E-state index < -0.39 is 6.09 Å². The summed E-state index contributed by atoms with van der Waals surface area (Å²) in [6.07, 6.45) is 9.52. The fourth-order valence-electron chi connectivity index (χ4n) is 6.76. The fraction of sp³-hybridized carbons (Fsp3) is 0.516. The second-order valence-corrected chi connectivity index (χ2v) is 11.4. The number of fused-ring (bicyclic) bond motifs is 2. The van der Waals surface area contributed by atoms with Gasteiger partial charge in [0.25, 0.3) is 0 Å². The molecule has 6 rings (SSSR count). The Balaban J connectivity index is 1.26. The maximum Gasteiger partial charge on any atom is 0.407 e. The molecule has 4 atom stereocenters. The van der Waals surface area contributed by atoms with Gasteiger partial charge in [-0.05, 0) is 74.8 Å². The number of benzene rings is 1. The van der Waals surface area contributed by atoms with Crippen molar-refractivity contribution in [1.82, 2.24) is 19.7 Å². The first-order valence-electron chi connectivity index (χ1n) is 14.7. The first kappa shape index (κ1) is 28.4. The zero-order valence-electron chi connectivity index (χ0n) is 24.2. The number of nitrogens with zero attached hydrogens (tertiary/aromatic N) is 5. The van der Waals surface area contributed by atoms with Crippen molar-refractivity contribution in [1.29, 1.82) is 0 Å². The number of hydrogen-bond acceptors (Lipinski definition) is 8. The van der Waals surface area contributed by atoms with Crippen LogP contribution >= 0.6 is 0 Å². The lowest BCUT2D eigenvalue weighted by Crippen LogP contribution is -2.51. The van der Waals surface area contributed by atoms with Gasteiger partial charge in [-0.3, -0.25) is 0 Å². The van der Waals surface area contributed by atoms with Gasteiger partial charge in [0.05, 0.1) is 18.5 Å². The Labute approximate surface area is 245 Å². The van der Waals surface area contributed by atoms with Crippen LogP contribution in [0.15, 0.2) is 42.7 Å². The average Bonchev–Trinajstić information content (AvgIpc) is 3.62. The largest absolute Gasteiger partial charge is 0.467 e. The van der Waals surface area contributed by atoms with Gasteiger partial charge < -0.3 is 34.2 Å². The predicted molar refractivity (Wildman–Crippen MR) is 156 cm³/mol. The van der Waals surface area contributed by atoms with Crippen molar-refractivity contribution in [2.45, 2.75) is 75.9 Å². The van der Waals surface area contributed by atoms with Crippen molar-refractivity contribution in [3.05, 3.63) is 48.4 Å². The summed E-state index contributed by atoms with van der Waals surface area (Å²) in [4.78, 5) is 20.4. The molecular weight excluding hydrogens is 538 g/mol. The monoisotopic (exact) mass is 577 g/mol. The highest BCUT2D eigenvalue weighted by Gasteiger charge is 2.44. The Kier molecular flexibility index (Phi) is 8.32. The molecule has 1 aromatic carbocycles. The van der Waals surface area contributed by atoms with Gasteiger partial charge in [0.15, 0.2) is 6.79 Å². The van der Waals surface area contributed by atoms with Crippen molar-refractivity contribution in [2.24, 2.45) is 0 Å². The second-order valence-electron chi connectivity index (χ2n) is 11.4. The number of pyridine rings is 1. The SMILES string of the molecule is COCOc1cc(-c2cnn(C3CCCCO3)c2)ccc1-c1ccc(N(C)C2C[C@H]3CC[C@@H](C2)N3C(=O)O)nc1CO. The summed E-state index contributed by atoms with van der Waals surface area (Å²) in [7, 11) is 3.58. The number of hydrogen-bond donors (Lipinski definition) is 2. The van der Waals surface area contributed by atoms with Crippen LogP contribution in [-0.4, -0.2) is 81.7 Å². The van der Waals surface area contributed by atoms with E-state index in [1.807, 2.05) is 54.5 Å². The maximum absolute atomic E-state index is 11.7. The van der Waals surface area contributed by atoms with E-state index >= 15 is 0 Å². The van der Waals surface area contributed by atoms with E-state index in [0.717, 1.165) is 79.6 Å². The highest BCUT2D eigenvalue weighted by Crippen LogP contribution is 2.40. The van der Waals surface area contributed by atoms with Gasteiger partial charge in [0.1, 0.15) is 17.8 Å². The van der Waals surface area contributed by atoms with Gasteiger partial charge in [0, 0.05) is 61.8 Å². The van der Waals surface area contributed by atoms with Gasteiger partial charge in [-0.25, -0.2) is 14.5 Å². The third-order valence-corrected chi connectivity index (χ3v) is 8.94. The van der Waals surface area contributed by atoms with E-state index in [0.29, 0.717) is 11.4 Å². The van der Waals surface area contributed by atoms with Gasteiger partial charge in [-0.1, -0.05) is 6.07 Å². The molecule has 0 saturated carbocycles. The summed E-state index contributed by atoms with van der Waals surface area (Å²) in [6, 6.07) is 10.2. The molecule has 2 aromatic heterocycles. The number of aromatic nitrogens is 3. The molecule has 11 nitrogen and oxygen atoms in total. The summed E-state index contributed by atoms with van der Waals surface area (Å²) in [5.41, 5.74) is 4.03. The van der Waals surface area contributed by atoms with E-state index in [4.69, 9.17) is 19.2 Å². The summed E-state index contributed by atoms with van der Waals surface area (Å²) in [6.45, 7) is 0.593. The van der Waals surface area contributed by atoms with Crippen LogP contribution in [0.4, 0.5) is 10.6 Å². The van der Waals surface area contributed by atoms with E-state index in [1.165, 1.54) is 0 Å². The molecule has 42 heavy (non-hydrogen) atoms. The smallest absolute Gasteiger partial charge is 0.407 e. The van der Waals surface area contributed by atoms with E-state index in [2.05, 4.69) is 10.00 Å². The second kappa shape index (κ2) is 12.3. The fourth-order valence-corrected chi connectivity index (χ4v) is 6.76. The van der Waals surface area contributed by atoms with Crippen LogP contribution in [0.25, 0.3) is 22.3 Å². The summed E-state index contributed by atoms with van der Waals surface area (Å²) < 4.78 is 19.0. The van der Waals surface area contributed by atoms with Crippen LogP contribution in [0.3, 0.4) is 0 Å². The minimum absolute atomic E-state index is 0.0364. The van der Waals surface area contributed by atoms with Crippen molar-refractivity contribution < 1.29 is 29.2 Å². The van der Waals surface area contributed by atoms with Crippen molar-refractivity contribution >= 4 is 11.9 Å². The number of methoxy groups -OCH3 is 1. The van der Waals surface area contributed by atoms with E-state index in [1.54, 1.807) is 12.0 Å². The molecule has 0 radical (unpaired) electrons. The molecule has 2 N–H and O–H groups in total. The molecule has 224 valence electrons. The number of rotatable bonds is 9. The lowest BCUT2D eigenvalue weighted by Gasteiger charge is -2.41. The topological polar surface area (TPSA) is 122 Å². The van der Waals surface area contributed by atoms with Crippen molar-refractivity contribution in [3.8, 4) is 28.0 Å². The normalized spacial score (nSPS) is 23.6. The van der Waals surface area contributed by atoms with Gasteiger partial charge >= 0.3 is 6.09 Å². The molecule has 3 aliphatic heterocycles. The third-order valence-electron chi connectivity index (χ3n) is 8.94.